The fraction of sp³-hybridized carbons (Fsp3) is 0.0625. The number of rotatable bonds is 4. The summed E-state index contributed by atoms with van der Waals surface area (Å²) in [5.74, 6) is 0. The van der Waals surface area contributed by atoms with E-state index in [0.717, 1.165) is 12.2 Å². The lowest BCUT2D eigenvalue weighted by Gasteiger charge is -2.02. The predicted molar refractivity (Wildman–Crippen MR) is 75.1 cm³/mol. The standard InChI is InChI=1S/C16H14N2/c17-13-15-8-4-10-16(12-15)18-11-5-9-14-6-2-1-3-7-14/h1-10,12,18H,11H2. The van der Waals surface area contributed by atoms with Crippen molar-refractivity contribution in [2.75, 3.05) is 11.9 Å². The quantitative estimate of drug-likeness (QED) is 0.875. The zero-order chi connectivity index (χ0) is 12.6. The van der Waals surface area contributed by atoms with Gasteiger partial charge in [-0.15, -0.1) is 0 Å². The minimum Gasteiger partial charge on any atom is -0.382 e. The van der Waals surface area contributed by atoms with Gasteiger partial charge in [0.25, 0.3) is 0 Å². The third-order valence-corrected chi connectivity index (χ3v) is 2.53. The zero-order valence-corrected chi connectivity index (χ0v) is 10.0. The minimum atomic E-state index is 0.673. The monoisotopic (exact) mass is 234 g/mol. The van der Waals surface area contributed by atoms with Gasteiger partial charge < -0.3 is 5.32 Å². The van der Waals surface area contributed by atoms with Crippen LogP contribution in [0.2, 0.25) is 0 Å². The summed E-state index contributed by atoms with van der Waals surface area (Å²) in [6.07, 6.45) is 4.13. The minimum absolute atomic E-state index is 0.673. The molecule has 88 valence electrons. The van der Waals surface area contributed by atoms with Crippen LogP contribution >= 0.6 is 0 Å². The maximum absolute atomic E-state index is 8.79. The van der Waals surface area contributed by atoms with Crippen LogP contribution in [0.3, 0.4) is 0 Å². The van der Waals surface area contributed by atoms with Crippen molar-refractivity contribution >= 4 is 11.8 Å². The van der Waals surface area contributed by atoms with Crippen LogP contribution in [-0.2, 0) is 0 Å². The van der Waals surface area contributed by atoms with Gasteiger partial charge in [-0.25, -0.2) is 0 Å². The number of benzene rings is 2. The van der Waals surface area contributed by atoms with E-state index in [2.05, 4.69) is 35.7 Å². The Bertz CT molecular complexity index is 565. The van der Waals surface area contributed by atoms with Crippen LogP contribution < -0.4 is 5.32 Å². The van der Waals surface area contributed by atoms with E-state index >= 15 is 0 Å². The van der Waals surface area contributed by atoms with Gasteiger partial charge in [0, 0.05) is 12.2 Å². The maximum atomic E-state index is 8.79. The highest BCUT2D eigenvalue weighted by Crippen LogP contribution is 2.09. The Morgan fingerprint density at radius 3 is 2.67 bits per heavy atom. The molecule has 0 saturated carbocycles. The summed E-state index contributed by atoms with van der Waals surface area (Å²) in [6, 6.07) is 19.8. The smallest absolute Gasteiger partial charge is 0.0992 e. The maximum Gasteiger partial charge on any atom is 0.0992 e. The lowest BCUT2D eigenvalue weighted by atomic mass is 10.2. The molecule has 0 aromatic heterocycles. The van der Waals surface area contributed by atoms with Gasteiger partial charge in [0.2, 0.25) is 0 Å². The average molecular weight is 234 g/mol. The summed E-state index contributed by atoms with van der Waals surface area (Å²) in [7, 11) is 0. The van der Waals surface area contributed by atoms with Gasteiger partial charge in [0.05, 0.1) is 11.6 Å². The molecule has 0 bridgehead atoms. The summed E-state index contributed by atoms with van der Waals surface area (Å²) < 4.78 is 0. The van der Waals surface area contributed by atoms with Gasteiger partial charge in [0.15, 0.2) is 0 Å². The van der Waals surface area contributed by atoms with Crippen LogP contribution in [0.15, 0.2) is 60.7 Å². The lowest BCUT2D eigenvalue weighted by molar-refractivity contribution is 1.34. The van der Waals surface area contributed by atoms with Gasteiger partial charge in [-0.3, -0.25) is 0 Å². The van der Waals surface area contributed by atoms with Crippen molar-refractivity contribution in [3.63, 3.8) is 0 Å². The topological polar surface area (TPSA) is 35.8 Å². The Morgan fingerprint density at radius 2 is 1.89 bits per heavy atom. The Hall–Kier alpha value is -2.53. The van der Waals surface area contributed by atoms with Crippen LogP contribution in [0.25, 0.3) is 6.08 Å². The van der Waals surface area contributed by atoms with Gasteiger partial charge in [-0.05, 0) is 23.8 Å². The van der Waals surface area contributed by atoms with Crippen molar-refractivity contribution in [1.82, 2.24) is 0 Å². The van der Waals surface area contributed by atoms with Gasteiger partial charge >= 0.3 is 0 Å². The van der Waals surface area contributed by atoms with E-state index in [-0.39, 0.29) is 0 Å². The Kier molecular flexibility index (Phi) is 4.16. The first-order valence-electron chi connectivity index (χ1n) is 5.84. The van der Waals surface area contributed by atoms with E-state index in [9.17, 15) is 0 Å². The number of nitrogens with zero attached hydrogens (tertiary/aromatic N) is 1. The van der Waals surface area contributed by atoms with Crippen LogP contribution in [0, 0.1) is 11.3 Å². The van der Waals surface area contributed by atoms with Crippen molar-refractivity contribution in [2.45, 2.75) is 0 Å². The number of nitrogens with one attached hydrogen (secondary N) is 1. The van der Waals surface area contributed by atoms with Crippen LogP contribution in [0.4, 0.5) is 5.69 Å². The van der Waals surface area contributed by atoms with E-state index in [0.29, 0.717) is 5.56 Å². The Morgan fingerprint density at radius 1 is 1.06 bits per heavy atom. The molecule has 0 saturated heterocycles. The second-order valence-electron chi connectivity index (χ2n) is 3.89. The molecule has 2 aromatic carbocycles. The highest BCUT2D eigenvalue weighted by atomic mass is 14.8. The molecule has 0 unspecified atom stereocenters. The molecule has 0 atom stereocenters. The zero-order valence-electron chi connectivity index (χ0n) is 10.0. The Labute approximate surface area is 107 Å². The second-order valence-corrected chi connectivity index (χ2v) is 3.89. The molecule has 0 aliphatic heterocycles. The molecule has 0 aliphatic carbocycles. The molecule has 2 heteroatoms. The van der Waals surface area contributed by atoms with Crippen LogP contribution in [0.1, 0.15) is 11.1 Å². The van der Waals surface area contributed by atoms with E-state index in [1.807, 2.05) is 36.4 Å². The molecule has 0 spiro atoms. The summed E-state index contributed by atoms with van der Waals surface area (Å²) >= 11 is 0. The highest BCUT2D eigenvalue weighted by Gasteiger charge is 1.92. The van der Waals surface area contributed by atoms with E-state index < -0.39 is 0 Å². The molecular formula is C16H14N2. The van der Waals surface area contributed by atoms with Gasteiger partial charge in [-0.2, -0.15) is 5.26 Å². The third kappa shape index (κ3) is 3.50. The summed E-state index contributed by atoms with van der Waals surface area (Å²) in [5.41, 5.74) is 2.82. The van der Waals surface area contributed by atoms with Crippen molar-refractivity contribution in [3.8, 4) is 6.07 Å². The molecule has 2 rings (SSSR count). The fourth-order valence-corrected chi connectivity index (χ4v) is 1.63. The van der Waals surface area contributed by atoms with E-state index in [4.69, 9.17) is 5.26 Å². The molecule has 0 heterocycles. The van der Waals surface area contributed by atoms with Crippen molar-refractivity contribution < 1.29 is 0 Å². The lowest BCUT2D eigenvalue weighted by Crippen LogP contribution is -1.97. The van der Waals surface area contributed by atoms with Crippen molar-refractivity contribution in [3.05, 3.63) is 71.8 Å². The highest BCUT2D eigenvalue weighted by molar-refractivity contribution is 5.52. The summed E-state index contributed by atoms with van der Waals surface area (Å²) in [4.78, 5) is 0. The van der Waals surface area contributed by atoms with Gasteiger partial charge in [0.1, 0.15) is 0 Å². The average Bonchev–Trinajstić information content (AvgIpc) is 2.45. The molecule has 0 amide bonds. The molecular weight excluding hydrogens is 220 g/mol. The first kappa shape index (κ1) is 11.9. The normalized spacial score (nSPS) is 10.2. The molecule has 18 heavy (non-hydrogen) atoms. The first-order chi connectivity index (χ1) is 8.88. The fourth-order valence-electron chi connectivity index (χ4n) is 1.63. The summed E-state index contributed by atoms with van der Waals surface area (Å²) in [6.45, 7) is 0.740. The van der Waals surface area contributed by atoms with Crippen molar-refractivity contribution in [1.29, 1.82) is 5.26 Å². The molecule has 2 nitrogen and oxygen atoms in total. The van der Waals surface area contributed by atoms with Crippen LogP contribution in [0.5, 0.6) is 0 Å². The van der Waals surface area contributed by atoms with E-state index in [1.54, 1.807) is 6.07 Å². The summed E-state index contributed by atoms with van der Waals surface area (Å²) in [5, 5.41) is 12.0. The number of hydrogen-bond donors (Lipinski definition) is 1. The Balaban J connectivity index is 1.89. The van der Waals surface area contributed by atoms with E-state index in [1.165, 1.54) is 5.56 Å². The molecule has 0 fully saturated rings. The molecule has 0 aliphatic rings. The van der Waals surface area contributed by atoms with Gasteiger partial charge in [-0.1, -0.05) is 48.6 Å². The second kappa shape index (κ2) is 6.27. The number of hydrogen-bond acceptors (Lipinski definition) is 2. The largest absolute Gasteiger partial charge is 0.382 e. The first-order valence-corrected chi connectivity index (χ1v) is 5.84. The van der Waals surface area contributed by atoms with Crippen LogP contribution in [-0.4, -0.2) is 6.54 Å². The molecule has 2 aromatic rings. The van der Waals surface area contributed by atoms with Crippen molar-refractivity contribution in [2.24, 2.45) is 0 Å². The third-order valence-electron chi connectivity index (χ3n) is 2.53. The number of anilines is 1. The molecule has 1 N–H and O–H groups in total. The SMILES string of the molecule is N#Cc1cccc(NCC=Cc2ccccc2)c1. The predicted octanol–water partition coefficient (Wildman–Crippen LogP) is 3.68. The number of nitriles is 1. The molecule has 0 radical (unpaired) electrons.